The summed E-state index contributed by atoms with van der Waals surface area (Å²) in [6.07, 6.45) is 0. The van der Waals surface area contributed by atoms with Crippen LogP contribution in [0.2, 0.25) is 0 Å². The molecule has 0 saturated carbocycles. The predicted molar refractivity (Wildman–Crippen MR) is 50.9 cm³/mol. The van der Waals surface area contributed by atoms with Crippen molar-refractivity contribution in [1.29, 1.82) is 5.26 Å². The molecular formula is C9H19N3. The number of hydrogen-bond acceptors (Lipinski definition) is 3. The van der Waals surface area contributed by atoms with Crippen LogP contribution in [0.5, 0.6) is 0 Å². The highest BCUT2D eigenvalue weighted by Gasteiger charge is 2.23. The lowest BCUT2D eigenvalue weighted by atomic mass is 10.0. The van der Waals surface area contributed by atoms with Gasteiger partial charge in [-0.05, 0) is 27.1 Å². The lowest BCUT2D eigenvalue weighted by Crippen LogP contribution is -2.49. The maximum absolute atomic E-state index is 8.92. The molecule has 0 heterocycles. The lowest BCUT2D eigenvalue weighted by Gasteiger charge is -2.27. The summed E-state index contributed by atoms with van der Waals surface area (Å²) in [5, 5.41) is 12.1. The zero-order valence-electron chi connectivity index (χ0n) is 8.52. The van der Waals surface area contributed by atoms with E-state index >= 15 is 0 Å². The average Bonchev–Trinajstić information content (AvgIpc) is 2.05. The highest BCUT2D eigenvalue weighted by atomic mass is 15.1. The third kappa shape index (κ3) is 3.70. The van der Waals surface area contributed by atoms with Gasteiger partial charge >= 0.3 is 0 Å². The van der Waals surface area contributed by atoms with E-state index in [0.717, 1.165) is 19.6 Å². The molecule has 0 saturated heterocycles. The van der Waals surface area contributed by atoms with Gasteiger partial charge in [0.05, 0.1) is 6.07 Å². The standard InChI is InChI=1S/C9H19N3/c1-5-11-9(3,7-10)8-12(4)6-2/h11H,5-6,8H2,1-4H3. The van der Waals surface area contributed by atoms with Crippen LogP contribution >= 0.6 is 0 Å². The first-order valence-corrected chi connectivity index (χ1v) is 4.42. The van der Waals surface area contributed by atoms with Crippen LogP contribution < -0.4 is 5.32 Å². The van der Waals surface area contributed by atoms with Crippen molar-refractivity contribution in [2.75, 3.05) is 26.7 Å². The molecule has 0 aliphatic carbocycles. The predicted octanol–water partition coefficient (Wildman–Crippen LogP) is 0.830. The Morgan fingerprint density at radius 3 is 2.42 bits per heavy atom. The minimum Gasteiger partial charge on any atom is -0.304 e. The Morgan fingerprint density at radius 1 is 1.50 bits per heavy atom. The van der Waals surface area contributed by atoms with Crippen molar-refractivity contribution in [3.63, 3.8) is 0 Å². The fourth-order valence-electron chi connectivity index (χ4n) is 1.17. The molecule has 12 heavy (non-hydrogen) atoms. The van der Waals surface area contributed by atoms with E-state index in [1.54, 1.807) is 0 Å². The minimum atomic E-state index is -0.403. The van der Waals surface area contributed by atoms with Gasteiger partial charge in [0.15, 0.2) is 0 Å². The van der Waals surface area contributed by atoms with E-state index in [0.29, 0.717) is 0 Å². The van der Waals surface area contributed by atoms with Crippen LogP contribution in [-0.2, 0) is 0 Å². The summed E-state index contributed by atoms with van der Waals surface area (Å²) in [5.41, 5.74) is -0.403. The maximum Gasteiger partial charge on any atom is 0.116 e. The van der Waals surface area contributed by atoms with Crippen LogP contribution in [0.25, 0.3) is 0 Å². The van der Waals surface area contributed by atoms with Crippen LogP contribution in [0.4, 0.5) is 0 Å². The molecule has 0 amide bonds. The number of nitrogens with one attached hydrogen (secondary N) is 1. The molecule has 0 fully saturated rings. The van der Waals surface area contributed by atoms with Crippen molar-refractivity contribution < 1.29 is 0 Å². The summed E-state index contributed by atoms with van der Waals surface area (Å²) in [7, 11) is 2.02. The molecule has 0 aromatic heterocycles. The first-order chi connectivity index (χ1) is 5.58. The normalized spacial score (nSPS) is 15.7. The molecule has 3 nitrogen and oxygen atoms in total. The quantitative estimate of drug-likeness (QED) is 0.662. The van der Waals surface area contributed by atoms with Crippen LogP contribution in [0.15, 0.2) is 0 Å². The zero-order valence-corrected chi connectivity index (χ0v) is 8.52. The number of hydrogen-bond donors (Lipinski definition) is 1. The molecule has 0 aliphatic heterocycles. The SMILES string of the molecule is CCNC(C)(C#N)CN(C)CC. The average molecular weight is 169 g/mol. The zero-order chi connectivity index (χ0) is 9.61. The van der Waals surface area contributed by atoms with Gasteiger partial charge in [-0.25, -0.2) is 0 Å². The van der Waals surface area contributed by atoms with Gasteiger partial charge in [0.1, 0.15) is 5.54 Å². The molecule has 0 bridgehead atoms. The summed E-state index contributed by atoms with van der Waals surface area (Å²) in [6.45, 7) is 8.62. The Hall–Kier alpha value is -0.590. The molecule has 0 aliphatic rings. The summed E-state index contributed by atoms with van der Waals surface area (Å²) in [4.78, 5) is 2.13. The molecule has 0 radical (unpaired) electrons. The number of nitriles is 1. The van der Waals surface area contributed by atoms with Crippen molar-refractivity contribution in [2.45, 2.75) is 26.3 Å². The van der Waals surface area contributed by atoms with Crippen LogP contribution in [-0.4, -0.2) is 37.1 Å². The summed E-state index contributed by atoms with van der Waals surface area (Å²) in [6, 6.07) is 2.29. The second-order valence-electron chi connectivity index (χ2n) is 3.30. The number of nitrogens with zero attached hydrogens (tertiary/aromatic N) is 2. The van der Waals surface area contributed by atoms with E-state index in [1.165, 1.54) is 0 Å². The van der Waals surface area contributed by atoms with Gasteiger partial charge in [-0.15, -0.1) is 0 Å². The molecular weight excluding hydrogens is 150 g/mol. The molecule has 1 N–H and O–H groups in total. The van der Waals surface area contributed by atoms with Gasteiger partial charge < -0.3 is 4.90 Å². The Kier molecular flexibility index (Phi) is 4.87. The lowest BCUT2D eigenvalue weighted by molar-refractivity contribution is 0.273. The van der Waals surface area contributed by atoms with Crippen molar-refractivity contribution in [1.82, 2.24) is 10.2 Å². The molecule has 0 aromatic carbocycles. The van der Waals surface area contributed by atoms with Gasteiger partial charge in [-0.1, -0.05) is 13.8 Å². The third-order valence-electron chi connectivity index (χ3n) is 1.94. The van der Waals surface area contributed by atoms with Gasteiger partial charge in [0.25, 0.3) is 0 Å². The van der Waals surface area contributed by atoms with E-state index in [2.05, 4.69) is 23.2 Å². The highest BCUT2D eigenvalue weighted by Crippen LogP contribution is 2.03. The largest absolute Gasteiger partial charge is 0.304 e. The Morgan fingerprint density at radius 2 is 2.08 bits per heavy atom. The summed E-state index contributed by atoms with van der Waals surface area (Å²) < 4.78 is 0. The van der Waals surface area contributed by atoms with Crippen LogP contribution in [0.3, 0.4) is 0 Å². The minimum absolute atomic E-state index is 0.403. The highest BCUT2D eigenvalue weighted by molar-refractivity contribution is 5.05. The molecule has 70 valence electrons. The van der Waals surface area contributed by atoms with E-state index in [9.17, 15) is 0 Å². The summed E-state index contributed by atoms with van der Waals surface area (Å²) >= 11 is 0. The number of rotatable bonds is 5. The first-order valence-electron chi connectivity index (χ1n) is 4.42. The Labute approximate surface area is 75.4 Å². The smallest absolute Gasteiger partial charge is 0.116 e. The second-order valence-corrected chi connectivity index (χ2v) is 3.30. The maximum atomic E-state index is 8.92. The molecule has 0 rings (SSSR count). The van der Waals surface area contributed by atoms with Crippen molar-refractivity contribution in [3.05, 3.63) is 0 Å². The topological polar surface area (TPSA) is 39.1 Å². The van der Waals surface area contributed by atoms with Crippen LogP contribution in [0, 0.1) is 11.3 Å². The fourth-order valence-corrected chi connectivity index (χ4v) is 1.17. The van der Waals surface area contributed by atoms with E-state index in [1.807, 2.05) is 20.9 Å². The molecule has 0 aromatic rings. The third-order valence-corrected chi connectivity index (χ3v) is 1.94. The van der Waals surface area contributed by atoms with Gasteiger partial charge in [-0.3, -0.25) is 5.32 Å². The van der Waals surface area contributed by atoms with Crippen molar-refractivity contribution in [3.8, 4) is 6.07 Å². The van der Waals surface area contributed by atoms with Gasteiger partial charge in [0, 0.05) is 6.54 Å². The van der Waals surface area contributed by atoms with Crippen molar-refractivity contribution >= 4 is 0 Å². The molecule has 1 unspecified atom stereocenters. The number of likely N-dealkylation sites (N-methyl/N-ethyl adjacent to an activating group) is 2. The van der Waals surface area contributed by atoms with Crippen LogP contribution in [0.1, 0.15) is 20.8 Å². The molecule has 1 atom stereocenters. The molecule has 3 heteroatoms. The fraction of sp³-hybridized carbons (Fsp3) is 0.889. The second kappa shape index (κ2) is 5.13. The Balaban J connectivity index is 4.06. The summed E-state index contributed by atoms with van der Waals surface area (Å²) in [5.74, 6) is 0. The van der Waals surface area contributed by atoms with Gasteiger partial charge in [0.2, 0.25) is 0 Å². The Bertz CT molecular complexity index is 162. The van der Waals surface area contributed by atoms with Gasteiger partial charge in [-0.2, -0.15) is 5.26 Å². The van der Waals surface area contributed by atoms with E-state index in [-0.39, 0.29) is 0 Å². The first kappa shape index (κ1) is 11.4. The monoisotopic (exact) mass is 169 g/mol. The molecule has 0 spiro atoms. The van der Waals surface area contributed by atoms with Crippen molar-refractivity contribution in [2.24, 2.45) is 0 Å². The van der Waals surface area contributed by atoms with E-state index in [4.69, 9.17) is 5.26 Å². The van der Waals surface area contributed by atoms with E-state index < -0.39 is 5.54 Å².